The number of carbonyl (C=O) groups is 2. The average molecular weight is 270 g/mol. The molecule has 0 rings (SSSR count). The van der Waals surface area contributed by atoms with Crippen LogP contribution in [0.3, 0.4) is 0 Å². The molecule has 0 aliphatic heterocycles. The summed E-state index contributed by atoms with van der Waals surface area (Å²) in [5, 5.41) is 8.42. The minimum Gasteiger partial charge on any atom is -0.480 e. The molecule has 0 aliphatic carbocycles. The van der Waals surface area contributed by atoms with E-state index in [0.29, 0.717) is 11.5 Å². The lowest BCUT2D eigenvalue weighted by Gasteiger charge is -2.08. The first-order valence-electron chi connectivity index (χ1n) is 4.05. The van der Waals surface area contributed by atoms with Crippen LogP contribution in [-0.4, -0.2) is 46.0 Å². The van der Waals surface area contributed by atoms with E-state index < -0.39 is 18.1 Å². The van der Waals surface area contributed by atoms with Gasteiger partial charge in [-0.25, -0.2) is 0 Å². The Hall–Kier alpha value is 0.110. The smallest absolute Gasteiger partial charge is 0.321 e. The monoisotopic (exact) mass is 270 g/mol. The van der Waals surface area contributed by atoms with Crippen molar-refractivity contribution in [1.29, 1.82) is 0 Å². The van der Waals surface area contributed by atoms with E-state index >= 15 is 0 Å². The lowest BCUT2D eigenvalue weighted by atomic mass is 10.4. The van der Waals surface area contributed by atoms with Crippen molar-refractivity contribution in [2.24, 2.45) is 11.5 Å². The lowest BCUT2D eigenvalue weighted by molar-refractivity contribution is -0.137. The molecule has 5 N–H and O–H groups in total. The minimum absolute atomic E-state index is 0.0642. The van der Waals surface area contributed by atoms with E-state index in [4.69, 9.17) is 16.6 Å². The largest absolute Gasteiger partial charge is 0.480 e. The van der Waals surface area contributed by atoms with Crippen molar-refractivity contribution in [1.82, 2.24) is 0 Å². The maximum Gasteiger partial charge on any atom is 0.321 e. The van der Waals surface area contributed by atoms with Crippen LogP contribution in [0.25, 0.3) is 0 Å². The summed E-state index contributed by atoms with van der Waals surface area (Å²) in [4.78, 5) is 21.4. The molecule has 0 heterocycles. The Morgan fingerprint density at radius 1 is 1.20 bits per heavy atom. The zero-order valence-electron chi connectivity index (χ0n) is 8.21. The van der Waals surface area contributed by atoms with Gasteiger partial charge in [0.1, 0.15) is 6.04 Å². The van der Waals surface area contributed by atoms with Gasteiger partial charge in [0.15, 0.2) is 0 Å². The molecule has 88 valence electrons. The number of nitrogens with two attached hydrogens (primary N) is 2. The van der Waals surface area contributed by atoms with E-state index in [1.54, 1.807) is 6.26 Å². The van der Waals surface area contributed by atoms with Gasteiger partial charge in [-0.15, -0.1) is 0 Å². The summed E-state index contributed by atoms with van der Waals surface area (Å²) in [7, 11) is 2.68. The molecule has 0 bridgehead atoms. The zero-order valence-corrected chi connectivity index (χ0v) is 10.7. The fourth-order valence-electron chi connectivity index (χ4n) is 0.534. The van der Waals surface area contributed by atoms with E-state index in [0.717, 1.165) is 11.8 Å². The van der Waals surface area contributed by atoms with Crippen LogP contribution in [0.5, 0.6) is 0 Å². The molecular weight excluding hydrogens is 256 g/mol. The molecule has 5 nitrogen and oxygen atoms in total. The molecule has 0 saturated heterocycles. The van der Waals surface area contributed by atoms with Crippen LogP contribution in [0.2, 0.25) is 0 Å². The Kier molecular flexibility index (Phi) is 8.34. The maximum absolute atomic E-state index is 11.0. The predicted molar refractivity (Wildman–Crippen MR) is 67.0 cm³/mol. The van der Waals surface area contributed by atoms with Gasteiger partial charge < -0.3 is 16.6 Å². The molecule has 0 fully saturated rings. The van der Waals surface area contributed by atoms with Crippen LogP contribution in [-0.2, 0) is 9.59 Å². The molecule has 0 radical (unpaired) electrons. The highest BCUT2D eigenvalue weighted by molar-refractivity contribution is 8.76. The first kappa shape index (κ1) is 15.1. The third-order valence-corrected chi connectivity index (χ3v) is 4.58. The van der Waals surface area contributed by atoms with Gasteiger partial charge in [0.25, 0.3) is 0 Å². The van der Waals surface area contributed by atoms with Gasteiger partial charge in [-0.3, -0.25) is 9.59 Å². The summed E-state index contributed by atoms with van der Waals surface area (Å²) in [5.74, 6) is -0.246. The lowest BCUT2D eigenvalue weighted by Crippen LogP contribution is -2.32. The Morgan fingerprint density at radius 3 is 2.07 bits per heavy atom. The van der Waals surface area contributed by atoms with E-state index in [1.165, 1.54) is 21.6 Å². The van der Waals surface area contributed by atoms with Crippen LogP contribution < -0.4 is 11.5 Å². The minimum atomic E-state index is -1.02. The van der Waals surface area contributed by atoms with Crippen molar-refractivity contribution in [3.05, 3.63) is 0 Å². The van der Waals surface area contributed by atoms with Crippen molar-refractivity contribution < 1.29 is 14.7 Å². The second-order valence-electron chi connectivity index (χ2n) is 2.64. The van der Waals surface area contributed by atoms with Gasteiger partial charge in [0.2, 0.25) is 5.12 Å². The Balaban J connectivity index is 3.54. The van der Waals surface area contributed by atoms with E-state index in [2.05, 4.69) is 0 Å². The highest BCUT2D eigenvalue weighted by Gasteiger charge is 2.14. The third kappa shape index (κ3) is 7.07. The van der Waals surface area contributed by atoms with Crippen molar-refractivity contribution >= 4 is 44.4 Å². The van der Waals surface area contributed by atoms with E-state index in [1.807, 2.05) is 0 Å². The molecule has 2 atom stereocenters. The molecule has 0 aromatic carbocycles. The Labute approximate surface area is 100 Å². The molecular formula is C7H14N2O3S3. The van der Waals surface area contributed by atoms with Crippen molar-refractivity contribution in [2.45, 2.75) is 12.1 Å². The van der Waals surface area contributed by atoms with Gasteiger partial charge in [0.05, 0.1) is 6.04 Å². The molecule has 2 unspecified atom stereocenters. The number of carboxylic acid groups (broad SMARTS) is 1. The maximum atomic E-state index is 11.0. The Morgan fingerprint density at radius 2 is 1.67 bits per heavy atom. The number of hydrogen-bond donors (Lipinski definition) is 3. The van der Waals surface area contributed by atoms with Crippen LogP contribution in [0.1, 0.15) is 0 Å². The topological polar surface area (TPSA) is 106 Å². The molecule has 0 saturated carbocycles. The normalized spacial score (nSPS) is 14.6. The second kappa shape index (κ2) is 8.28. The highest BCUT2D eigenvalue weighted by atomic mass is 33.1. The summed E-state index contributed by atoms with van der Waals surface area (Å²) in [6, 6.07) is -1.37. The van der Waals surface area contributed by atoms with Gasteiger partial charge >= 0.3 is 5.97 Å². The fourth-order valence-corrected chi connectivity index (χ4v) is 3.26. The summed E-state index contributed by atoms with van der Waals surface area (Å²) < 4.78 is 0. The van der Waals surface area contributed by atoms with Crippen LogP contribution in [0.4, 0.5) is 0 Å². The van der Waals surface area contributed by atoms with Crippen molar-refractivity contribution in [3.63, 3.8) is 0 Å². The van der Waals surface area contributed by atoms with Gasteiger partial charge in [-0.1, -0.05) is 33.3 Å². The summed E-state index contributed by atoms with van der Waals surface area (Å²) in [6.07, 6.45) is 1.68. The average Bonchev–Trinajstić information content (AvgIpc) is 2.22. The molecule has 0 aliphatic rings. The van der Waals surface area contributed by atoms with Crippen molar-refractivity contribution in [2.75, 3.05) is 17.8 Å². The number of aliphatic carboxylic acids is 1. The fraction of sp³-hybridized carbons (Fsp3) is 0.714. The van der Waals surface area contributed by atoms with Crippen LogP contribution in [0.15, 0.2) is 0 Å². The molecule has 0 aromatic rings. The summed E-state index contributed by atoms with van der Waals surface area (Å²) in [5.41, 5.74) is 10.8. The van der Waals surface area contributed by atoms with Gasteiger partial charge in [-0.05, 0) is 6.26 Å². The Bertz CT molecular complexity index is 228. The van der Waals surface area contributed by atoms with E-state index in [9.17, 15) is 9.59 Å². The second-order valence-corrected chi connectivity index (χ2v) is 6.01. The molecule has 8 heteroatoms. The van der Waals surface area contributed by atoms with Gasteiger partial charge in [0, 0.05) is 11.5 Å². The summed E-state index contributed by atoms with van der Waals surface area (Å²) in [6.45, 7) is 0. The number of carboxylic acids is 1. The molecule has 0 aromatic heterocycles. The highest BCUT2D eigenvalue weighted by Crippen LogP contribution is 2.22. The van der Waals surface area contributed by atoms with Crippen LogP contribution in [0, 0.1) is 0 Å². The van der Waals surface area contributed by atoms with Crippen LogP contribution >= 0.6 is 33.3 Å². The number of carbonyl (C=O) groups excluding carboxylic acids is 1. The van der Waals surface area contributed by atoms with E-state index in [-0.39, 0.29) is 5.12 Å². The molecule has 0 spiro atoms. The van der Waals surface area contributed by atoms with Crippen molar-refractivity contribution in [3.8, 4) is 0 Å². The number of rotatable bonds is 7. The van der Waals surface area contributed by atoms with Gasteiger partial charge in [-0.2, -0.15) is 0 Å². The first-order chi connectivity index (χ1) is 6.99. The summed E-state index contributed by atoms with van der Waals surface area (Å²) >= 11 is 1.10. The number of hydrogen-bond acceptors (Lipinski definition) is 7. The first-order valence-corrected chi connectivity index (χ1v) is 7.76. The standard InChI is InChI=1S/C7H14N2O3S3/c1-13-7(12)5(9)3-15-14-2-4(8)6(10)11/h4-5H,2-3,8-9H2,1H3,(H,10,11). The quantitative estimate of drug-likeness (QED) is 0.438. The number of thioether (sulfide) groups is 1. The third-order valence-electron chi connectivity index (χ3n) is 1.40. The zero-order chi connectivity index (χ0) is 11.8. The molecule has 0 amide bonds. The molecule has 15 heavy (non-hydrogen) atoms. The predicted octanol–water partition coefficient (Wildman–Crippen LogP) is -0.00340. The SMILES string of the molecule is CSC(=O)C(N)CSSCC(N)C(=O)O.